The van der Waals surface area contributed by atoms with Crippen molar-refractivity contribution in [2.45, 2.75) is 6.17 Å². The summed E-state index contributed by atoms with van der Waals surface area (Å²) in [4.78, 5) is 23.3. The van der Waals surface area contributed by atoms with Gasteiger partial charge in [-0.25, -0.2) is 9.48 Å². The van der Waals surface area contributed by atoms with E-state index in [0.717, 1.165) is 10.9 Å². The Balaban J connectivity index is 3.17. The van der Waals surface area contributed by atoms with Gasteiger partial charge < -0.3 is 10.8 Å². The number of rotatable bonds is 4. The maximum atomic E-state index is 11.1. The minimum atomic E-state index is -1.21. The number of nitrogens with zero attached hydrogens (tertiary/aromatic N) is 4. The van der Waals surface area contributed by atoms with Gasteiger partial charge in [0.25, 0.3) is 5.91 Å². The Morgan fingerprint density at radius 1 is 1.60 bits per heavy atom. The molecule has 0 aliphatic heterocycles. The molecular formula is C7H11N5O3. The molecule has 3 N–H and O–H groups in total. The van der Waals surface area contributed by atoms with E-state index in [1.54, 1.807) is 14.1 Å². The van der Waals surface area contributed by atoms with E-state index < -0.39 is 18.0 Å². The summed E-state index contributed by atoms with van der Waals surface area (Å²) in [5, 5.41) is 15.7. The Labute approximate surface area is 85.3 Å². The number of nitrogens with two attached hydrogens (primary N) is 1. The summed E-state index contributed by atoms with van der Waals surface area (Å²) in [5.41, 5.74) is 4.95. The molecule has 0 saturated carbocycles. The van der Waals surface area contributed by atoms with Crippen molar-refractivity contribution in [2.24, 2.45) is 5.73 Å². The SMILES string of the molecule is CN(C)C(C(N)=O)n1nncc1C(=O)O. The second-order valence-corrected chi connectivity index (χ2v) is 3.11. The quantitative estimate of drug-likeness (QED) is 0.630. The maximum absolute atomic E-state index is 11.1. The number of carboxylic acid groups (broad SMARTS) is 1. The fraction of sp³-hybridized carbons (Fsp3) is 0.429. The third kappa shape index (κ3) is 2.10. The zero-order chi connectivity index (χ0) is 11.6. The van der Waals surface area contributed by atoms with E-state index in [1.165, 1.54) is 4.90 Å². The number of hydrogen-bond acceptors (Lipinski definition) is 5. The molecule has 1 unspecified atom stereocenters. The Morgan fingerprint density at radius 2 is 2.20 bits per heavy atom. The van der Waals surface area contributed by atoms with Crippen molar-refractivity contribution >= 4 is 11.9 Å². The van der Waals surface area contributed by atoms with Crippen molar-refractivity contribution in [1.82, 2.24) is 19.9 Å². The average molecular weight is 213 g/mol. The topological polar surface area (TPSA) is 114 Å². The molecule has 15 heavy (non-hydrogen) atoms. The van der Waals surface area contributed by atoms with Gasteiger partial charge >= 0.3 is 5.97 Å². The molecule has 0 fully saturated rings. The monoisotopic (exact) mass is 213 g/mol. The van der Waals surface area contributed by atoms with E-state index >= 15 is 0 Å². The summed E-state index contributed by atoms with van der Waals surface area (Å²) in [5.74, 6) is -1.92. The van der Waals surface area contributed by atoms with Gasteiger partial charge in [0, 0.05) is 0 Å². The number of carbonyl (C=O) groups excluding carboxylic acids is 1. The van der Waals surface area contributed by atoms with Crippen LogP contribution >= 0.6 is 0 Å². The standard InChI is InChI=1S/C7H11N5O3/c1-11(2)6(5(8)13)12-4(7(14)15)3-9-10-12/h3,6H,1-2H3,(H2,8,13)(H,14,15). The molecule has 8 heteroatoms. The third-order valence-corrected chi connectivity index (χ3v) is 1.77. The molecule has 1 amide bonds. The van der Waals surface area contributed by atoms with Gasteiger partial charge in [-0.05, 0) is 14.1 Å². The van der Waals surface area contributed by atoms with E-state index in [2.05, 4.69) is 10.3 Å². The summed E-state index contributed by atoms with van der Waals surface area (Å²) in [6.07, 6.45) is 0.0977. The molecule has 1 atom stereocenters. The Bertz CT molecular complexity index is 386. The largest absolute Gasteiger partial charge is 0.476 e. The minimum Gasteiger partial charge on any atom is -0.476 e. The van der Waals surface area contributed by atoms with Crippen molar-refractivity contribution in [3.05, 3.63) is 11.9 Å². The van der Waals surface area contributed by atoms with E-state index in [-0.39, 0.29) is 5.69 Å². The minimum absolute atomic E-state index is 0.187. The van der Waals surface area contributed by atoms with Crippen LogP contribution in [0.4, 0.5) is 0 Å². The molecule has 1 rings (SSSR count). The Morgan fingerprint density at radius 3 is 2.60 bits per heavy atom. The zero-order valence-electron chi connectivity index (χ0n) is 8.28. The van der Waals surface area contributed by atoms with Gasteiger partial charge in [0.05, 0.1) is 6.20 Å². The van der Waals surface area contributed by atoms with Gasteiger partial charge in [-0.1, -0.05) is 5.21 Å². The summed E-state index contributed by atoms with van der Waals surface area (Å²) < 4.78 is 0.963. The summed E-state index contributed by atoms with van der Waals surface area (Å²) in [6, 6.07) is 0. The first-order valence-corrected chi connectivity index (χ1v) is 4.04. The van der Waals surface area contributed by atoms with Gasteiger partial charge in [0.15, 0.2) is 11.9 Å². The van der Waals surface area contributed by atoms with E-state index in [4.69, 9.17) is 10.8 Å². The molecule has 0 saturated heterocycles. The van der Waals surface area contributed by atoms with Crippen molar-refractivity contribution in [3.8, 4) is 0 Å². The number of carboxylic acids is 1. The van der Waals surface area contributed by atoms with Crippen LogP contribution in [0.2, 0.25) is 0 Å². The van der Waals surface area contributed by atoms with Crippen LogP contribution in [0.3, 0.4) is 0 Å². The Kier molecular flexibility index (Phi) is 3.00. The smallest absolute Gasteiger partial charge is 0.355 e. The molecule has 0 spiro atoms. The summed E-state index contributed by atoms with van der Waals surface area (Å²) in [7, 11) is 3.17. The molecule has 1 aromatic heterocycles. The highest BCUT2D eigenvalue weighted by molar-refractivity contribution is 5.86. The number of aromatic nitrogens is 3. The molecule has 8 nitrogen and oxygen atoms in total. The first kappa shape index (κ1) is 11.1. The van der Waals surface area contributed by atoms with Gasteiger partial charge in [0.2, 0.25) is 0 Å². The lowest BCUT2D eigenvalue weighted by Gasteiger charge is -2.21. The van der Waals surface area contributed by atoms with Crippen LogP contribution in [0, 0.1) is 0 Å². The molecule has 0 bridgehead atoms. The van der Waals surface area contributed by atoms with E-state index in [0.29, 0.717) is 0 Å². The van der Waals surface area contributed by atoms with E-state index in [1.807, 2.05) is 0 Å². The lowest BCUT2D eigenvalue weighted by Crippen LogP contribution is -2.39. The van der Waals surface area contributed by atoms with Crippen LogP contribution in [0.25, 0.3) is 0 Å². The highest BCUT2D eigenvalue weighted by atomic mass is 16.4. The zero-order valence-corrected chi connectivity index (χ0v) is 8.28. The lowest BCUT2D eigenvalue weighted by molar-refractivity contribution is -0.125. The third-order valence-electron chi connectivity index (χ3n) is 1.77. The molecule has 0 aromatic carbocycles. The predicted octanol–water partition coefficient (Wildman–Crippen LogP) is -1.48. The first-order chi connectivity index (χ1) is 6.95. The number of likely N-dealkylation sites (N-methyl/N-ethyl adjacent to an activating group) is 1. The highest BCUT2D eigenvalue weighted by Crippen LogP contribution is 2.10. The van der Waals surface area contributed by atoms with Crippen LogP contribution in [-0.2, 0) is 4.79 Å². The van der Waals surface area contributed by atoms with Crippen molar-refractivity contribution in [2.75, 3.05) is 14.1 Å². The number of carbonyl (C=O) groups is 2. The van der Waals surface area contributed by atoms with Gasteiger partial charge in [-0.3, -0.25) is 9.69 Å². The number of amides is 1. The molecule has 1 aromatic rings. The lowest BCUT2D eigenvalue weighted by atomic mass is 10.4. The molecule has 82 valence electrons. The van der Waals surface area contributed by atoms with Crippen LogP contribution in [0.1, 0.15) is 16.7 Å². The normalized spacial score (nSPS) is 12.7. The molecule has 0 radical (unpaired) electrons. The van der Waals surface area contributed by atoms with Gasteiger partial charge in [0.1, 0.15) is 0 Å². The van der Waals surface area contributed by atoms with Crippen LogP contribution in [-0.4, -0.2) is 51.0 Å². The molecule has 0 aliphatic rings. The first-order valence-electron chi connectivity index (χ1n) is 4.04. The maximum Gasteiger partial charge on any atom is 0.355 e. The Hall–Kier alpha value is -1.96. The van der Waals surface area contributed by atoms with E-state index in [9.17, 15) is 9.59 Å². The highest BCUT2D eigenvalue weighted by Gasteiger charge is 2.26. The number of primary amides is 1. The van der Waals surface area contributed by atoms with Crippen molar-refractivity contribution in [3.63, 3.8) is 0 Å². The summed E-state index contributed by atoms with van der Waals surface area (Å²) in [6.45, 7) is 0. The fourth-order valence-corrected chi connectivity index (χ4v) is 1.17. The van der Waals surface area contributed by atoms with Crippen molar-refractivity contribution in [1.29, 1.82) is 0 Å². The summed E-state index contributed by atoms with van der Waals surface area (Å²) >= 11 is 0. The van der Waals surface area contributed by atoms with Gasteiger partial charge in [-0.15, -0.1) is 5.10 Å². The fourth-order valence-electron chi connectivity index (χ4n) is 1.17. The second-order valence-electron chi connectivity index (χ2n) is 3.11. The van der Waals surface area contributed by atoms with Crippen LogP contribution in [0.15, 0.2) is 6.20 Å². The predicted molar refractivity (Wildman–Crippen MR) is 48.9 cm³/mol. The molecular weight excluding hydrogens is 202 g/mol. The van der Waals surface area contributed by atoms with Crippen LogP contribution in [0.5, 0.6) is 0 Å². The van der Waals surface area contributed by atoms with Crippen LogP contribution < -0.4 is 5.73 Å². The van der Waals surface area contributed by atoms with Crippen molar-refractivity contribution < 1.29 is 14.7 Å². The second kappa shape index (κ2) is 4.05. The van der Waals surface area contributed by atoms with Gasteiger partial charge in [-0.2, -0.15) is 0 Å². The molecule has 0 aliphatic carbocycles. The average Bonchev–Trinajstić information content (AvgIpc) is 2.51. The number of aromatic carboxylic acids is 1. The molecule has 1 heterocycles. The number of hydrogen-bond donors (Lipinski definition) is 2.